The first-order chi connectivity index (χ1) is 6.18. The van der Waals surface area contributed by atoms with Crippen LogP contribution in [0.1, 0.15) is 0 Å². The molecule has 4 heteroatoms. The second-order valence-corrected chi connectivity index (χ2v) is 3.39. The first-order valence-electron chi connectivity index (χ1n) is 3.62. The van der Waals surface area contributed by atoms with E-state index in [1.54, 1.807) is 18.2 Å². The molecule has 13 heavy (non-hydrogen) atoms. The fourth-order valence-corrected chi connectivity index (χ4v) is 1.51. The molecule has 0 unspecified atom stereocenters. The molecule has 2 rings (SSSR count). The Labute approximate surface area is 84.7 Å². The lowest BCUT2D eigenvalue weighted by molar-refractivity contribution is 0.480. The normalized spacial score (nSPS) is 10.6. The maximum atomic E-state index is 9.44. The van der Waals surface area contributed by atoms with Gasteiger partial charge in [-0.15, -0.1) is 0 Å². The molecule has 1 aromatic carbocycles. The summed E-state index contributed by atoms with van der Waals surface area (Å²) in [6.45, 7) is 0. The minimum absolute atomic E-state index is 0.0851. The highest BCUT2D eigenvalue weighted by molar-refractivity contribution is 6.36. The number of hydrogen-bond acceptors (Lipinski definition) is 2. The minimum Gasteiger partial charge on any atom is -0.506 e. The molecule has 0 radical (unpaired) electrons. The fraction of sp³-hybridized carbons (Fsp3) is 0. The smallest absolute Gasteiger partial charge is 0.141 e. The van der Waals surface area contributed by atoms with Crippen LogP contribution in [0.4, 0.5) is 0 Å². The van der Waals surface area contributed by atoms with Gasteiger partial charge < -0.3 is 5.11 Å². The lowest BCUT2D eigenvalue weighted by Crippen LogP contribution is -1.81. The first kappa shape index (κ1) is 8.60. The van der Waals surface area contributed by atoms with Gasteiger partial charge in [-0.05, 0) is 24.3 Å². The maximum Gasteiger partial charge on any atom is 0.141 e. The van der Waals surface area contributed by atoms with Crippen molar-refractivity contribution in [2.45, 2.75) is 0 Å². The van der Waals surface area contributed by atoms with Gasteiger partial charge in [0.2, 0.25) is 0 Å². The van der Waals surface area contributed by atoms with Crippen molar-refractivity contribution in [2.24, 2.45) is 0 Å². The minimum atomic E-state index is 0.0851. The van der Waals surface area contributed by atoms with Crippen molar-refractivity contribution >= 4 is 34.1 Å². The molecule has 0 amide bonds. The van der Waals surface area contributed by atoms with E-state index in [-0.39, 0.29) is 5.75 Å². The topological polar surface area (TPSA) is 33.1 Å². The molecule has 1 heterocycles. The Morgan fingerprint density at radius 1 is 1.08 bits per heavy atom. The van der Waals surface area contributed by atoms with E-state index in [2.05, 4.69) is 4.98 Å². The van der Waals surface area contributed by atoms with Crippen LogP contribution in [0.5, 0.6) is 5.75 Å². The Morgan fingerprint density at radius 2 is 1.85 bits per heavy atom. The van der Waals surface area contributed by atoms with Gasteiger partial charge in [-0.25, -0.2) is 4.98 Å². The van der Waals surface area contributed by atoms with E-state index < -0.39 is 0 Å². The summed E-state index contributed by atoms with van der Waals surface area (Å²) in [7, 11) is 0. The number of halogens is 2. The van der Waals surface area contributed by atoms with E-state index in [1.807, 2.05) is 0 Å². The Bertz CT molecular complexity index is 470. The summed E-state index contributed by atoms with van der Waals surface area (Å²) >= 11 is 11.6. The number of phenols is 1. The zero-order chi connectivity index (χ0) is 9.42. The molecular formula is C9H5Cl2NO. The van der Waals surface area contributed by atoms with E-state index in [0.717, 1.165) is 0 Å². The number of fused-ring (bicyclic) bond motifs is 1. The highest BCUT2D eigenvalue weighted by Gasteiger charge is 2.05. The van der Waals surface area contributed by atoms with Crippen LogP contribution in [0.25, 0.3) is 10.9 Å². The SMILES string of the molecule is Oc1ccc(Cl)c2ccc(Cl)nc12. The van der Waals surface area contributed by atoms with Gasteiger partial charge in [0.05, 0.1) is 5.02 Å². The van der Waals surface area contributed by atoms with Crippen molar-refractivity contribution in [2.75, 3.05) is 0 Å². The van der Waals surface area contributed by atoms with Gasteiger partial charge in [0.15, 0.2) is 0 Å². The van der Waals surface area contributed by atoms with Gasteiger partial charge in [0, 0.05) is 5.39 Å². The van der Waals surface area contributed by atoms with E-state index in [0.29, 0.717) is 21.1 Å². The number of aromatic nitrogens is 1. The molecule has 0 saturated heterocycles. The van der Waals surface area contributed by atoms with Crippen molar-refractivity contribution in [3.05, 3.63) is 34.4 Å². The van der Waals surface area contributed by atoms with Gasteiger partial charge in [0.1, 0.15) is 16.4 Å². The Balaban J connectivity index is 2.92. The number of phenolic OH excluding ortho intramolecular Hbond substituents is 1. The number of pyridine rings is 1. The molecule has 0 fully saturated rings. The van der Waals surface area contributed by atoms with Crippen LogP contribution in [0, 0.1) is 0 Å². The number of aromatic hydroxyl groups is 1. The summed E-state index contributed by atoms with van der Waals surface area (Å²) in [6.07, 6.45) is 0. The molecule has 0 aliphatic heterocycles. The molecule has 0 aliphatic carbocycles. The van der Waals surface area contributed by atoms with Crippen LogP contribution < -0.4 is 0 Å². The number of benzene rings is 1. The molecule has 1 aromatic heterocycles. The lowest BCUT2D eigenvalue weighted by atomic mass is 10.2. The summed E-state index contributed by atoms with van der Waals surface area (Å²) in [4.78, 5) is 3.97. The van der Waals surface area contributed by atoms with Crippen LogP contribution >= 0.6 is 23.2 Å². The van der Waals surface area contributed by atoms with Crippen LogP contribution in [0.15, 0.2) is 24.3 Å². The molecule has 0 spiro atoms. The number of nitrogens with zero attached hydrogens (tertiary/aromatic N) is 1. The van der Waals surface area contributed by atoms with Crippen molar-refractivity contribution in [3.8, 4) is 5.75 Å². The molecule has 0 saturated carbocycles. The molecule has 2 aromatic rings. The summed E-state index contributed by atoms with van der Waals surface area (Å²) in [5.74, 6) is 0.0851. The highest BCUT2D eigenvalue weighted by Crippen LogP contribution is 2.29. The Morgan fingerprint density at radius 3 is 2.62 bits per heavy atom. The predicted molar refractivity (Wildman–Crippen MR) is 53.4 cm³/mol. The van der Waals surface area contributed by atoms with E-state index in [4.69, 9.17) is 23.2 Å². The van der Waals surface area contributed by atoms with Crippen molar-refractivity contribution in [1.29, 1.82) is 0 Å². The van der Waals surface area contributed by atoms with E-state index in [9.17, 15) is 5.11 Å². The van der Waals surface area contributed by atoms with Gasteiger partial charge in [-0.3, -0.25) is 0 Å². The fourth-order valence-electron chi connectivity index (χ4n) is 1.14. The molecule has 66 valence electrons. The molecular weight excluding hydrogens is 209 g/mol. The van der Waals surface area contributed by atoms with Crippen molar-refractivity contribution < 1.29 is 5.11 Å². The number of hydrogen-bond donors (Lipinski definition) is 1. The molecule has 2 nitrogen and oxygen atoms in total. The third kappa shape index (κ3) is 1.43. The van der Waals surface area contributed by atoms with Gasteiger partial charge >= 0.3 is 0 Å². The molecule has 0 atom stereocenters. The van der Waals surface area contributed by atoms with E-state index >= 15 is 0 Å². The Kier molecular flexibility index (Phi) is 2.02. The van der Waals surface area contributed by atoms with Crippen molar-refractivity contribution in [3.63, 3.8) is 0 Å². The van der Waals surface area contributed by atoms with Crippen molar-refractivity contribution in [1.82, 2.24) is 4.98 Å². The molecule has 0 aliphatic rings. The second-order valence-electron chi connectivity index (χ2n) is 2.60. The average Bonchev–Trinajstić information content (AvgIpc) is 2.12. The quantitative estimate of drug-likeness (QED) is 0.682. The zero-order valence-corrected chi connectivity index (χ0v) is 7.97. The average molecular weight is 214 g/mol. The highest BCUT2D eigenvalue weighted by atomic mass is 35.5. The van der Waals surface area contributed by atoms with Gasteiger partial charge in [-0.1, -0.05) is 23.2 Å². The number of rotatable bonds is 0. The van der Waals surface area contributed by atoms with Gasteiger partial charge in [-0.2, -0.15) is 0 Å². The maximum absolute atomic E-state index is 9.44. The first-order valence-corrected chi connectivity index (χ1v) is 4.38. The summed E-state index contributed by atoms with van der Waals surface area (Å²) in [5, 5.41) is 11.0. The Hall–Kier alpha value is -0.990. The van der Waals surface area contributed by atoms with Crippen LogP contribution in [0.3, 0.4) is 0 Å². The molecule has 0 bridgehead atoms. The molecule has 1 N–H and O–H groups in total. The lowest BCUT2D eigenvalue weighted by Gasteiger charge is -2.01. The van der Waals surface area contributed by atoms with E-state index in [1.165, 1.54) is 6.07 Å². The largest absolute Gasteiger partial charge is 0.506 e. The summed E-state index contributed by atoms with van der Waals surface area (Å²) in [6, 6.07) is 6.48. The standard InChI is InChI=1S/C9H5Cl2NO/c10-6-2-3-7(13)9-5(6)1-4-8(11)12-9/h1-4,13H. The van der Waals surface area contributed by atoms with Crippen LogP contribution in [-0.2, 0) is 0 Å². The van der Waals surface area contributed by atoms with Crippen LogP contribution in [-0.4, -0.2) is 10.1 Å². The summed E-state index contributed by atoms with van der Waals surface area (Å²) in [5.41, 5.74) is 0.431. The third-order valence-electron chi connectivity index (χ3n) is 1.75. The zero-order valence-electron chi connectivity index (χ0n) is 6.46. The van der Waals surface area contributed by atoms with Gasteiger partial charge in [0.25, 0.3) is 0 Å². The predicted octanol–water partition coefficient (Wildman–Crippen LogP) is 3.25. The van der Waals surface area contributed by atoms with Crippen LogP contribution in [0.2, 0.25) is 10.2 Å². The summed E-state index contributed by atoms with van der Waals surface area (Å²) < 4.78 is 0. The monoisotopic (exact) mass is 213 g/mol. The second kappa shape index (κ2) is 3.05. The third-order valence-corrected chi connectivity index (χ3v) is 2.29.